The number of hydrogen-bond donors (Lipinski definition) is 2. The van der Waals surface area contributed by atoms with Crippen molar-refractivity contribution < 1.29 is 9.90 Å². The Kier molecular flexibility index (Phi) is 3.86. The minimum atomic E-state index is -0.368. The van der Waals surface area contributed by atoms with Crippen molar-refractivity contribution in [1.29, 1.82) is 0 Å². The zero-order valence-electron chi connectivity index (χ0n) is 15.2. The van der Waals surface area contributed by atoms with Crippen LogP contribution in [0.5, 0.6) is 5.75 Å². The molecule has 0 aliphatic carbocycles. The number of nitrogens with zero attached hydrogens (tertiary/aromatic N) is 2. The number of amides is 1. The molecule has 1 atom stereocenters. The first-order chi connectivity index (χ1) is 13.7. The molecule has 138 valence electrons. The fourth-order valence-electron chi connectivity index (χ4n) is 4.05. The van der Waals surface area contributed by atoms with Crippen LogP contribution < -0.4 is 10.2 Å². The van der Waals surface area contributed by atoms with Crippen LogP contribution >= 0.6 is 0 Å². The predicted octanol–water partition coefficient (Wildman–Crippen LogP) is 3.64. The summed E-state index contributed by atoms with van der Waals surface area (Å²) < 4.78 is 0. The van der Waals surface area contributed by atoms with Gasteiger partial charge in [-0.05, 0) is 41.3 Å². The molecule has 3 aromatic carbocycles. The molecule has 2 N–H and O–H groups in total. The molecular formula is C23H19N3O2. The summed E-state index contributed by atoms with van der Waals surface area (Å²) in [5.41, 5.74) is 5.00. The van der Waals surface area contributed by atoms with Crippen LogP contribution in [0.15, 0.2) is 77.8 Å². The number of nitrogens with one attached hydrogen (secondary N) is 1. The minimum absolute atomic E-state index is 0.0412. The quantitative estimate of drug-likeness (QED) is 0.688. The lowest BCUT2D eigenvalue weighted by Crippen LogP contribution is -2.43. The molecule has 2 heterocycles. The van der Waals surface area contributed by atoms with Crippen molar-refractivity contribution in [3.63, 3.8) is 0 Å². The Morgan fingerprint density at radius 1 is 0.964 bits per heavy atom. The monoisotopic (exact) mass is 369 g/mol. The predicted molar refractivity (Wildman–Crippen MR) is 109 cm³/mol. The van der Waals surface area contributed by atoms with Crippen LogP contribution in [0.4, 0.5) is 5.69 Å². The number of para-hydroxylation sites is 2. The molecular weight excluding hydrogens is 350 g/mol. The molecule has 2 aliphatic heterocycles. The molecule has 5 rings (SSSR count). The van der Waals surface area contributed by atoms with Crippen molar-refractivity contribution >= 4 is 17.6 Å². The summed E-state index contributed by atoms with van der Waals surface area (Å²) in [6.07, 6.45) is 0.847. The van der Waals surface area contributed by atoms with Gasteiger partial charge in [-0.15, -0.1) is 0 Å². The van der Waals surface area contributed by atoms with Crippen LogP contribution in [0.3, 0.4) is 0 Å². The lowest BCUT2D eigenvalue weighted by Gasteiger charge is -2.28. The third kappa shape index (κ3) is 2.63. The normalized spacial score (nSPS) is 17.1. The van der Waals surface area contributed by atoms with Crippen molar-refractivity contribution in [3.05, 3.63) is 95.1 Å². The molecule has 0 fully saturated rings. The number of anilines is 1. The molecule has 5 nitrogen and oxygen atoms in total. The maximum Gasteiger partial charge on any atom is 0.261 e. The Morgan fingerprint density at radius 2 is 1.68 bits per heavy atom. The molecule has 3 aromatic rings. The van der Waals surface area contributed by atoms with Crippen LogP contribution in [-0.4, -0.2) is 23.5 Å². The van der Waals surface area contributed by atoms with Gasteiger partial charge in [0.05, 0.1) is 18.2 Å². The van der Waals surface area contributed by atoms with Crippen molar-refractivity contribution in [2.75, 3.05) is 11.4 Å². The second kappa shape index (κ2) is 6.53. The van der Waals surface area contributed by atoms with E-state index in [1.54, 1.807) is 18.2 Å². The lowest BCUT2D eigenvalue weighted by atomic mass is 9.97. The van der Waals surface area contributed by atoms with Gasteiger partial charge >= 0.3 is 0 Å². The van der Waals surface area contributed by atoms with E-state index in [0.29, 0.717) is 12.5 Å². The number of hydrogen-bond acceptors (Lipinski definition) is 4. The van der Waals surface area contributed by atoms with Crippen molar-refractivity contribution in [3.8, 4) is 5.75 Å². The number of benzene rings is 3. The lowest BCUT2D eigenvalue weighted by molar-refractivity contribution is 0.0974. The zero-order chi connectivity index (χ0) is 19.1. The van der Waals surface area contributed by atoms with E-state index in [2.05, 4.69) is 45.5 Å². The number of aliphatic imine (C=N–C) groups is 1. The van der Waals surface area contributed by atoms with E-state index in [9.17, 15) is 9.90 Å². The second-order valence-corrected chi connectivity index (χ2v) is 7.03. The van der Waals surface area contributed by atoms with Gasteiger partial charge in [-0.2, -0.15) is 0 Å². The van der Waals surface area contributed by atoms with Gasteiger partial charge < -0.3 is 10.0 Å². The molecule has 2 aliphatic rings. The highest BCUT2D eigenvalue weighted by molar-refractivity contribution is 6.13. The van der Waals surface area contributed by atoms with Gasteiger partial charge in [-0.3, -0.25) is 10.1 Å². The summed E-state index contributed by atoms with van der Waals surface area (Å²) in [5.74, 6) is 0.103. The molecule has 1 unspecified atom stereocenters. The first kappa shape index (κ1) is 16.6. The Bertz CT molecular complexity index is 1110. The standard InChI is InChI=1S/C23H19N3O2/c27-21-12-6-4-10-18(21)22(28)25-23-24-14-20-17-9-3-1-7-15(17)13-16-8-2-5-11-19(16)26(20)23/h1-12,20,27H,13-14H2,(H,24,25,28). The summed E-state index contributed by atoms with van der Waals surface area (Å²) in [6, 6.07) is 23.2. The van der Waals surface area contributed by atoms with Crippen LogP contribution in [-0.2, 0) is 6.42 Å². The highest BCUT2D eigenvalue weighted by atomic mass is 16.3. The van der Waals surface area contributed by atoms with Gasteiger partial charge in [-0.25, -0.2) is 4.99 Å². The third-order valence-corrected chi connectivity index (χ3v) is 5.37. The second-order valence-electron chi connectivity index (χ2n) is 7.03. The van der Waals surface area contributed by atoms with E-state index in [4.69, 9.17) is 0 Å². The molecule has 0 saturated carbocycles. The van der Waals surface area contributed by atoms with Gasteiger partial charge in [0, 0.05) is 5.69 Å². The van der Waals surface area contributed by atoms with Gasteiger partial charge in [0.25, 0.3) is 5.91 Å². The van der Waals surface area contributed by atoms with E-state index in [1.165, 1.54) is 22.8 Å². The Morgan fingerprint density at radius 3 is 2.54 bits per heavy atom. The maximum absolute atomic E-state index is 12.8. The van der Waals surface area contributed by atoms with Crippen molar-refractivity contribution in [1.82, 2.24) is 5.32 Å². The van der Waals surface area contributed by atoms with Crippen LogP contribution in [0, 0.1) is 0 Å². The van der Waals surface area contributed by atoms with Gasteiger partial charge in [0.2, 0.25) is 5.96 Å². The van der Waals surface area contributed by atoms with Gasteiger partial charge in [0.1, 0.15) is 5.75 Å². The average molecular weight is 369 g/mol. The number of rotatable bonds is 1. The van der Waals surface area contributed by atoms with E-state index >= 15 is 0 Å². The van der Waals surface area contributed by atoms with Crippen LogP contribution in [0.25, 0.3) is 0 Å². The average Bonchev–Trinajstić information content (AvgIpc) is 3.05. The molecule has 0 saturated heterocycles. The summed E-state index contributed by atoms with van der Waals surface area (Å²) in [5, 5.41) is 12.9. The summed E-state index contributed by atoms with van der Waals surface area (Å²) >= 11 is 0. The fraction of sp³-hybridized carbons (Fsp3) is 0.130. The highest BCUT2D eigenvalue weighted by Gasteiger charge is 2.36. The molecule has 0 bridgehead atoms. The number of carbonyl (C=O) groups excluding carboxylic acids is 1. The molecule has 28 heavy (non-hydrogen) atoms. The first-order valence-electron chi connectivity index (χ1n) is 9.31. The minimum Gasteiger partial charge on any atom is -0.507 e. The van der Waals surface area contributed by atoms with Crippen LogP contribution in [0.2, 0.25) is 0 Å². The van der Waals surface area contributed by atoms with Crippen molar-refractivity contribution in [2.24, 2.45) is 4.99 Å². The molecule has 0 spiro atoms. The number of phenolic OH excluding ortho intramolecular Hbond substituents is 1. The Hall–Kier alpha value is -3.60. The summed E-state index contributed by atoms with van der Waals surface area (Å²) in [7, 11) is 0. The van der Waals surface area contributed by atoms with Gasteiger partial charge in [-0.1, -0.05) is 54.6 Å². The van der Waals surface area contributed by atoms with E-state index in [-0.39, 0.29) is 23.3 Å². The Balaban J connectivity index is 1.55. The fourth-order valence-corrected chi connectivity index (χ4v) is 4.05. The van der Waals surface area contributed by atoms with E-state index in [0.717, 1.165) is 12.1 Å². The SMILES string of the molecule is O=C(NC1=NCC2c3ccccc3Cc3ccccc3N12)c1ccccc1O. The highest BCUT2D eigenvalue weighted by Crippen LogP contribution is 2.39. The smallest absolute Gasteiger partial charge is 0.261 e. The van der Waals surface area contributed by atoms with Gasteiger partial charge in [0.15, 0.2) is 0 Å². The number of fused-ring (bicyclic) bond motifs is 5. The first-order valence-corrected chi connectivity index (χ1v) is 9.31. The third-order valence-electron chi connectivity index (χ3n) is 5.37. The van der Waals surface area contributed by atoms with Crippen LogP contribution in [0.1, 0.15) is 33.1 Å². The molecule has 0 radical (unpaired) electrons. The van der Waals surface area contributed by atoms with E-state index < -0.39 is 0 Å². The summed E-state index contributed by atoms with van der Waals surface area (Å²) in [4.78, 5) is 19.5. The summed E-state index contributed by atoms with van der Waals surface area (Å²) in [6.45, 7) is 0.571. The van der Waals surface area contributed by atoms with Crippen molar-refractivity contribution in [2.45, 2.75) is 12.5 Å². The van der Waals surface area contributed by atoms with E-state index in [1.807, 2.05) is 18.2 Å². The molecule has 1 amide bonds. The Labute approximate surface area is 163 Å². The number of aromatic hydroxyl groups is 1. The zero-order valence-corrected chi connectivity index (χ0v) is 15.2. The number of carbonyl (C=O) groups is 1. The molecule has 5 heteroatoms. The number of guanidine groups is 1. The largest absolute Gasteiger partial charge is 0.507 e. The topological polar surface area (TPSA) is 64.9 Å². The maximum atomic E-state index is 12.8. The number of phenols is 1. The molecule has 0 aromatic heterocycles.